The third kappa shape index (κ3) is 4.23. The second-order valence-electron chi connectivity index (χ2n) is 7.71. The van der Waals surface area contributed by atoms with Crippen molar-refractivity contribution in [3.63, 3.8) is 0 Å². The van der Waals surface area contributed by atoms with E-state index in [0.717, 1.165) is 44.3 Å². The van der Waals surface area contributed by atoms with Gasteiger partial charge in [-0.15, -0.1) is 11.3 Å². The van der Waals surface area contributed by atoms with Crippen LogP contribution >= 0.6 is 11.3 Å². The molecule has 146 valence electrons. The van der Waals surface area contributed by atoms with Crippen molar-refractivity contribution in [3.05, 3.63) is 28.6 Å². The normalized spacial score (nSPS) is 21.8. The molecule has 1 heterocycles. The van der Waals surface area contributed by atoms with Gasteiger partial charge in [-0.25, -0.2) is 4.79 Å². The molecule has 4 nitrogen and oxygen atoms in total. The van der Waals surface area contributed by atoms with Gasteiger partial charge in [0.2, 0.25) is 0 Å². The Morgan fingerprint density at radius 2 is 2.07 bits per heavy atom. The van der Waals surface area contributed by atoms with Crippen LogP contribution in [-0.4, -0.2) is 24.8 Å². The van der Waals surface area contributed by atoms with Gasteiger partial charge >= 0.3 is 6.09 Å². The van der Waals surface area contributed by atoms with E-state index in [-0.39, 0.29) is 18.2 Å². The number of aryl methyl sites for hydroxylation is 2. The van der Waals surface area contributed by atoms with Gasteiger partial charge < -0.3 is 14.8 Å². The largest absolute Gasteiger partial charge is 0.490 e. The highest BCUT2D eigenvalue weighted by molar-refractivity contribution is 7.19. The molecule has 0 atom stereocenters. The predicted octanol–water partition coefficient (Wildman–Crippen LogP) is 5.61. The number of thiophene rings is 1. The number of ether oxygens (including phenoxy) is 2. The van der Waals surface area contributed by atoms with Crippen LogP contribution in [0.4, 0.5) is 4.79 Å². The van der Waals surface area contributed by atoms with E-state index in [4.69, 9.17) is 9.47 Å². The number of fused-ring (bicyclic) bond motifs is 3. The lowest BCUT2D eigenvalue weighted by Gasteiger charge is -2.29. The fourth-order valence-electron chi connectivity index (χ4n) is 4.24. The van der Waals surface area contributed by atoms with E-state index in [0.29, 0.717) is 6.61 Å². The molecule has 0 bridgehead atoms. The minimum Gasteiger partial charge on any atom is -0.490 e. The van der Waals surface area contributed by atoms with E-state index in [1.54, 1.807) is 4.88 Å². The number of alkyl carbamates (subject to hydrolysis) is 1. The third-order valence-electron chi connectivity index (χ3n) is 5.71. The number of benzene rings is 1. The van der Waals surface area contributed by atoms with Crippen LogP contribution in [0.2, 0.25) is 0 Å². The Bertz CT molecular complexity index is 792. The molecule has 1 amide bonds. The van der Waals surface area contributed by atoms with Crippen LogP contribution in [0.1, 0.15) is 62.3 Å². The molecule has 5 heteroatoms. The summed E-state index contributed by atoms with van der Waals surface area (Å²) in [5.41, 5.74) is 1.52. The number of hydrogen-bond acceptors (Lipinski definition) is 4. The Morgan fingerprint density at radius 3 is 2.89 bits per heavy atom. The predicted molar refractivity (Wildman–Crippen MR) is 110 cm³/mol. The Labute approximate surface area is 165 Å². The minimum absolute atomic E-state index is 0.208. The zero-order valence-electron chi connectivity index (χ0n) is 16.1. The van der Waals surface area contributed by atoms with Crippen molar-refractivity contribution in [2.24, 2.45) is 0 Å². The van der Waals surface area contributed by atoms with Gasteiger partial charge in [0.1, 0.15) is 5.75 Å². The molecule has 1 aromatic carbocycles. The summed E-state index contributed by atoms with van der Waals surface area (Å²) in [6.45, 7) is 2.60. The molecule has 4 rings (SSSR count). The van der Waals surface area contributed by atoms with Gasteiger partial charge in [-0.3, -0.25) is 0 Å². The molecule has 1 N–H and O–H groups in total. The molecule has 0 unspecified atom stereocenters. The lowest BCUT2D eigenvalue weighted by atomic mass is 9.93. The monoisotopic (exact) mass is 387 g/mol. The quantitative estimate of drug-likeness (QED) is 0.656. The summed E-state index contributed by atoms with van der Waals surface area (Å²) >= 11 is 1.94. The molecule has 2 aromatic rings. The second-order valence-corrected chi connectivity index (χ2v) is 8.85. The molecule has 1 aromatic heterocycles. The number of rotatable bonds is 6. The van der Waals surface area contributed by atoms with Gasteiger partial charge in [0.05, 0.1) is 12.7 Å². The number of amides is 1. The van der Waals surface area contributed by atoms with Gasteiger partial charge in [0.15, 0.2) is 0 Å². The van der Waals surface area contributed by atoms with Gasteiger partial charge in [0, 0.05) is 21.0 Å². The Kier molecular flexibility index (Phi) is 5.86. The molecule has 27 heavy (non-hydrogen) atoms. The topological polar surface area (TPSA) is 47.6 Å². The molecule has 0 spiro atoms. The third-order valence-corrected chi connectivity index (χ3v) is 6.97. The molecule has 2 aliphatic rings. The highest BCUT2D eigenvalue weighted by Crippen LogP contribution is 2.42. The van der Waals surface area contributed by atoms with Crippen molar-refractivity contribution < 1.29 is 14.3 Å². The fourth-order valence-corrected chi connectivity index (χ4v) is 5.55. The van der Waals surface area contributed by atoms with Crippen molar-refractivity contribution in [3.8, 4) is 5.75 Å². The smallest absolute Gasteiger partial charge is 0.407 e. The van der Waals surface area contributed by atoms with Crippen LogP contribution in [0.3, 0.4) is 0 Å². The minimum atomic E-state index is -0.272. The first-order chi connectivity index (χ1) is 13.2. The molecular weight excluding hydrogens is 358 g/mol. The van der Waals surface area contributed by atoms with Crippen LogP contribution in [0, 0.1) is 0 Å². The SMILES string of the molecule is CCCCOC(=O)NC1CCC(Oc2cccc3sc4c(c23)CCC4)CC1. The maximum atomic E-state index is 11.8. The second kappa shape index (κ2) is 8.51. The average Bonchev–Trinajstić information content (AvgIpc) is 3.25. The summed E-state index contributed by atoms with van der Waals surface area (Å²) in [5.74, 6) is 1.06. The van der Waals surface area contributed by atoms with Crippen molar-refractivity contribution in [2.45, 2.75) is 76.9 Å². The van der Waals surface area contributed by atoms with Gasteiger partial charge in [0.25, 0.3) is 0 Å². The highest BCUT2D eigenvalue weighted by Gasteiger charge is 2.26. The maximum absolute atomic E-state index is 11.8. The first-order valence-electron chi connectivity index (χ1n) is 10.4. The summed E-state index contributed by atoms with van der Waals surface area (Å²) < 4.78 is 13.0. The summed E-state index contributed by atoms with van der Waals surface area (Å²) in [4.78, 5) is 13.4. The zero-order chi connectivity index (χ0) is 18.6. The van der Waals surface area contributed by atoms with Crippen molar-refractivity contribution in [1.29, 1.82) is 0 Å². The number of carbonyl (C=O) groups excluding carboxylic acids is 1. The highest BCUT2D eigenvalue weighted by atomic mass is 32.1. The van der Waals surface area contributed by atoms with Crippen LogP contribution in [0.15, 0.2) is 18.2 Å². The standard InChI is InChI=1S/C22H29NO3S/c1-2-3-14-25-22(24)23-15-10-12-16(13-11-15)26-18-7-5-9-20-21(18)17-6-4-8-19(17)27-20/h5,7,9,15-16H,2-4,6,8,10-14H2,1H3,(H,23,24). The Hall–Kier alpha value is -1.75. The van der Waals surface area contributed by atoms with Gasteiger partial charge in [-0.1, -0.05) is 19.4 Å². The van der Waals surface area contributed by atoms with Crippen molar-refractivity contribution >= 4 is 27.5 Å². The van der Waals surface area contributed by atoms with Crippen LogP contribution in [0.5, 0.6) is 5.75 Å². The summed E-state index contributed by atoms with van der Waals surface area (Å²) in [6.07, 6.45) is 9.46. The van der Waals surface area contributed by atoms with Crippen LogP contribution in [0.25, 0.3) is 10.1 Å². The van der Waals surface area contributed by atoms with E-state index >= 15 is 0 Å². The Balaban J connectivity index is 1.32. The summed E-state index contributed by atoms with van der Waals surface area (Å²) in [7, 11) is 0. The number of hydrogen-bond donors (Lipinski definition) is 1. The molecule has 0 radical (unpaired) electrons. The molecule has 1 fully saturated rings. The van der Waals surface area contributed by atoms with Gasteiger partial charge in [-0.05, 0) is 69.1 Å². The molecule has 2 aliphatic carbocycles. The van der Waals surface area contributed by atoms with E-state index < -0.39 is 0 Å². The lowest BCUT2D eigenvalue weighted by Crippen LogP contribution is -2.40. The first-order valence-corrected chi connectivity index (χ1v) is 11.2. The van der Waals surface area contributed by atoms with E-state index in [9.17, 15) is 4.79 Å². The van der Waals surface area contributed by atoms with Crippen LogP contribution in [-0.2, 0) is 17.6 Å². The summed E-state index contributed by atoms with van der Waals surface area (Å²) in [6, 6.07) is 6.67. The molecule has 0 aliphatic heterocycles. The lowest BCUT2D eigenvalue weighted by molar-refractivity contribution is 0.120. The Morgan fingerprint density at radius 1 is 1.22 bits per heavy atom. The summed E-state index contributed by atoms with van der Waals surface area (Å²) in [5, 5.41) is 4.36. The van der Waals surface area contributed by atoms with E-state index in [2.05, 4.69) is 30.4 Å². The van der Waals surface area contributed by atoms with Crippen molar-refractivity contribution in [2.75, 3.05) is 6.61 Å². The van der Waals surface area contributed by atoms with E-state index in [1.165, 1.54) is 34.9 Å². The maximum Gasteiger partial charge on any atom is 0.407 e. The molecule has 1 saturated carbocycles. The van der Waals surface area contributed by atoms with Gasteiger partial charge in [-0.2, -0.15) is 0 Å². The van der Waals surface area contributed by atoms with E-state index in [1.807, 2.05) is 11.3 Å². The number of carbonyl (C=O) groups is 1. The van der Waals surface area contributed by atoms with Crippen LogP contribution < -0.4 is 10.1 Å². The fraction of sp³-hybridized carbons (Fsp3) is 0.591. The zero-order valence-corrected chi connectivity index (χ0v) is 16.9. The molecule has 0 saturated heterocycles. The average molecular weight is 388 g/mol. The number of nitrogens with one attached hydrogen (secondary N) is 1. The van der Waals surface area contributed by atoms with Crippen molar-refractivity contribution in [1.82, 2.24) is 5.32 Å². The molecular formula is C22H29NO3S. The number of unbranched alkanes of at least 4 members (excludes halogenated alkanes) is 1. The first kappa shape index (κ1) is 18.6.